The molecule has 0 unspecified atom stereocenters. The average molecular weight is 327 g/mol. The number of nitrogens with zero attached hydrogens (tertiary/aromatic N) is 1. The maximum atomic E-state index is 6.62. The summed E-state index contributed by atoms with van der Waals surface area (Å²) < 4.78 is 6.62. The lowest BCUT2D eigenvalue weighted by Crippen LogP contribution is -2.33. The zero-order valence-electron chi connectivity index (χ0n) is 14.6. The van der Waals surface area contributed by atoms with Gasteiger partial charge in [-0.2, -0.15) is 0 Å². The lowest BCUT2D eigenvalue weighted by molar-refractivity contribution is 0.131. The van der Waals surface area contributed by atoms with Crippen LogP contribution in [0.1, 0.15) is 27.8 Å². The number of aliphatic imine (C=N–C) groups is 1. The van der Waals surface area contributed by atoms with Crippen LogP contribution in [0.15, 0.2) is 83.9 Å². The smallest absolute Gasteiger partial charge is 0.217 e. The van der Waals surface area contributed by atoms with Crippen molar-refractivity contribution in [3.05, 3.63) is 107 Å². The standard InChI is InChI=1S/C23H21NO/c1-17-10-6-8-14-20(17)23(21-15-9-7-11-18(21)2)16-24-22(25-23)19-12-4-3-5-13-19/h3-15H,16H2,1-2H3. The number of hydrogen-bond acceptors (Lipinski definition) is 2. The fourth-order valence-corrected chi connectivity index (χ4v) is 3.62. The predicted molar refractivity (Wildman–Crippen MR) is 102 cm³/mol. The Labute approximate surface area is 148 Å². The molecular formula is C23H21NO. The van der Waals surface area contributed by atoms with E-state index in [9.17, 15) is 0 Å². The van der Waals surface area contributed by atoms with Crippen LogP contribution in [0.3, 0.4) is 0 Å². The highest BCUT2D eigenvalue weighted by Crippen LogP contribution is 2.41. The Morgan fingerprint density at radius 2 is 1.24 bits per heavy atom. The Morgan fingerprint density at radius 3 is 1.80 bits per heavy atom. The van der Waals surface area contributed by atoms with Gasteiger partial charge in [-0.3, -0.25) is 0 Å². The molecule has 2 heteroatoms. The molecule has 0 amide bonds. The molecule has 0 saturated heterocycles. The second-order valence-electron chi connectivity index (χ2n) is 6.55. The van der Waals surface area contributed by atoms with E-state index in [1.165, 1.54) is 22.3 Å². The zero-order chi connectivity index (χ0) is 17.3. The van der Waals surface area contributed by atoms with Crippen molar-refractivity contribution in [1.29, 1.82) is 0 Å². The molecule has 0 atom stereocenters. The zero-order valence-corrected chi connectivity index (χ0v) is 14.6. The minimum absolute atomic E-state index is 0.568. The molecule has 0 aliphatic carbocycles. The second kappa shape index (κ2) is 6.21. The molecule has 124 valence electrons. The van der Waals surface area contributed by atoms with Crippen molar-refractivity contribution in [2.75, 3.05) is 6.54 Å². The van der Waals surface area contributed by atoms with Gasteiger partial charge in [0, 0.05) is 16.7 Å². The Morgan fingerprint density at radius 1 is 0.720 bits per heavy atom. The van der Waals surface area contributed by atoms with Crippen LogP contribution in [0, 0.1) is 13.8 Å². The number of benzene rings is 3. The summed E-state index contributed by atoms with van der Waals surface area (Å²) in [6.07, 6.45) is 0. The fourth-order valence-electron chi connectivity index (χ4n) is 3.62. The van der Waals surface area contributed by atoms with Crippen molar-refractivity contribution in [2.45, 2.75) is 19.4 Å². The van der Waals surface area contributed by atoms with Crippen LogP contribution in [-0.2, 0) is 10.3 Å². The van der Waals surface area contributed by atoms with E-state index < -0.39 is 5.60 Å². The molecule has 0 fully saturated rings. The third-order valence-corrected chi connectivity index (χ3v) is 4.90. The van der Waals surface area contributed by atoms with Crippen LogP contribution in [0.5, 0.6) is 0 Å². The second-order valence-corrected chi connectivity index (χ2v) is 6.55. The summed E-state index contributed by atoms with van der Waals surface area (Å²) in [7, 11) is 0. The third kappa shape index (κ3) is 2.64. The Kier molecular flexibility index (Phi) is 3.89. The summed E-state index contributed by atoms with van der Waals surface area (Å²) >= 11 is 0. The molecule has 0 saturated carbocycles. The van der Waals surface area contributed by atoms with Gasteiger partial charge in [-0.1, -0.05) is 66.7 Å². The first-order valence-corrected chi connectivity index (χ1v) is 8.62. The van der Waals surface area contributed by atoms with Crippen molar-refractivity contribution in [2.24, 2.45) is 4.99 Å². The van der Waals surface area contributed by atoms with E-state index in [0.29, 0.717) is 12.4 Å². The van der Waals surface area contributed by atoms with Crippen molar-refractivity contribution in [3.63, 3.8) is 0 Å². The summed E-state index contributed by atoms with van der Waals surface area (Å²) in [6, 6.07) is 27.0. The molecule has 0 radical (unpaired) electrons. The fraction of sp³-hybridized carbons (Fsp3) is 0.174. The van der Waals surface area contributed by atoms with Crippen LogP contribution >= 0.6 is 0 Å². The Balaban J connectivity index is 1.86. The van der Waals surface area contributed by atoms with Gasteiger partial charge in [-0.05, 0) is 37.1 Å². The van der Waals surface area contributed by atoms with Gasteiger partial charge in [-0.25, -0.2) is 4.99 Å². The predicted octanol–water partition coefficient (Wildman–Crippen LogP) is 5.02. The maximum absolute atomic E-state index is 6.62. The SMILES string of the molecule is Cc1ccccc1C1(c2ccccc2C)CN=C(c2ccccc2)O1. The van der Waals surface area contributed by atoms with E-state index >= 15 is 0 Å². The van der Waals surface area contributed by atoms with Crippen molar-refractivity contribution >= 4 is 5.90 Å². The van der Waals surface area contributed by atoms with Gasteiger partial charge in [0.25, 0.3) is 0 Å². The summed E-state index contributed by atoms with van der Waals surface area (Å²) in [6.45, 7) is 4.87. The normalized spacial score (nSPS) is 15.5. The third-order valence-electron chi connectivity index (χ3n) is 4.90. The van der Waals surface area contributed by atoms with Crippen molar-refractivity contribution in [3.8, 4) is 0 Å². The molecule has 25 heavy (non-hydrogen) atoms. The quantitative estimate of drug-likeness (QED) is 0.661. The van der Waals surface area contributed by atoms with Crippen LogP contribution < -0.4 is 0 Å². The van der Waals surface area contributed by atoms with Gasteiger partial charge >= 0.3 is 0 Å². The van der Waals surface area contributed by atoms with Gasteiger partial charge in [0.1, 0.15) is 0 Å². The topological polar surface area (TPSA) is 21.6 Å². The summed E-state index contributed by atoms with van der Waals surface area (Å²) in [5.74, 6) is 0.715. The molecule has 0 N–H and O–H groups in total. The molecular weight excluding hydrogens is 306 g/mol. The molecule has 3 aromatic rings. The highest BCUT2D eigenvalue weighted by molar-refractivity contribution is 5.96. The lowest BCUT2D eigenvalue weighted by atomic mass is 9.82. The van der Waals surface area contributed by atoms with E-state index in [1.54, 1.807) is 0 Å². The first-order chi connectivity index (χ1) is 12.2. The highest BCUT2D eigenvalue weighted by atomic mass is 16.5. The van der Waals surface area contributed by atoms with Gasteiger partial charge in [-0.15, -0.1) is 0 Å². The molecule has 1 aliphatic heterocycles. The molecule has 3 aromatic carbocycles. The molecule has 2 nitrogen and oxygen atoms in total. The minimum atomic E-state index is -0.568. The summed E-state index contributed by atoms with van der Waals surface area (Å²) in [4.78, 5) is 4.79. The van der Waals surface area contributed by atoms with Crippen molar-refractivity contribution < 1.29 is 4.74 Å². The Bertz CT molecular complexity index is 882. The van der Waals surface area contributed by atoms with Crippen LogP contribution in [-0.4, -0.2) is 12.4 Å². The van der Waals surface area contributed by atoms with Gasteiger partial charge < -0.3 is 4.74 Å². The monoisotopic (exact) mass is 327 g/mol. The number of rotatable bonds is 3. The molecule has 0 bridgehead atoms. The summed E-state index contributed by atoms with van der Waals surface area (Å²) in [5, 5.41) is 0. The van der Waals surface area contributed by atoms with Gasteiger partial charge in [0.2, 0.25) is 5.90 Å². The number of aryl methyl sites for hydroxylation is 2. The van der Waals surface area contributed by atoms with Crippen LogP contribution in [0.25, 0.3) is 0 Å². The molecule has 1 heterocycles. The van der Waals surface area contributed by atoms with E-state index in [1.807, 2.05) is 30.3 Å². The van der Waals surface area contributed by atoms with E-state index in [0.717, 1.165) is 5.56 Å². The van der Waals surface area contributed by atoms with Crippen molar-refractivity contribution in [1.82, 2.24) is 0 Å². The first-order valence-electron chi connectivity index (χ1n) is 8.62. The van der Waals surface area contributed by atoms with Gasteiger partial charge in [0.15, 0.2) is 5.60 Å². The van der Waals surface area contributed by atoms with Crippen LogP contribution in [0.4, 0.5) is 0 Å². The number of hydrogen-bond donors (Lipinski definition) is 0. The molecule has 0 spiro atoms. The average Bonchev–Trinajstić information content (AvgIpc) is 3.09. The van der Waals surface area contributed by atoms with Gasteiger partial charge in [0.05, 0.1) is 6.54 Å². The lowest BCUT2D eigenvalue weighted by Gasteiger charge is -2.32. The largest absolute Gasteiger partial charge is 0.459 e. The van der Waals surface area contributed by atoms with Crippen LogP contribution in [0.2, 0.25) is 0 Å². The molecule has 1 aliphatic rings. The van der Waals surface area contributed by atoms with E-state index in [4.69, 9.17) is 9.73 Å². The maximum Gasteiger partial charge on any atom is 0.217 e. The molecule has 4 rings (SSSR count). The van der Waals surface area contributed by atoms with E-state index in [2.05, 4.69) is 62.4 Å². The Hall–Kier alpha value is -2.87. The number of ether oxygens (including phenoxy) is 1. The minimum Gasteiger partial charge on any atom is -0.459 e. The molecule has 0 aromatic heterocycles. The van der Waals surface area contributed by atoms with E-state index in [-0.39, 0.29) is 0 Å². The summed E-state index contributed by atoms with van der Waals surface area (Å²) in [5.41, 5.74) is 5.25. The highest BCUT2D eigenvalue weighted by Gasteiger charge is 2.43. The first kappa shape index (κ1) is 15.6.